The zero-order chi connectivity index (χ0) is 5.86. The molecule has 7 heavy (non-hydrogen) atoms. The number of halogens is 3. The molecule has 0 aliphatic rings. The Kier molecular flexibility index (Phi) is 2.92. The van der Waals surface area contributed by atoms with Crippen LogP contribution in [0, 0.1) is 0 Å². The van der Waals surface area contributed by atoms with Gasteiger partial charge in [0.2, 0.25) is 0 Å². The average molecular weight is 127 g/mol. The van der Waals surface area contributed by atoms with Crippen LogP contribution in [-0.2, 0) is 0 Å². The molecule has 0 unspecified atom stereocenters. The van der Waals surface area contributed by atoms with Gasteiger partial charge in [-0.3, -0.25) is 0 Å². The lowest BCUT2D eigenvalue weighted by atomic mass is 10.4. The van der Waals surface area contributed by atoms with Crippen molar-refractivity contribution in [3.05, 3.63) is 12.7 Å². The Morgan fingerprint density at radius 3 is 2.00 bits per heavy atom. The van der Waals surface area contributed by atoms with Crippen molar-refractivity contribution in [2.45, 2.75) is 11.8 Å². The van der Waals surface area contributed by atoms with E-state index in [9.17, 15) is 8.78 Å². The normalized spacial score (nSPS) is 14.3. The van der Waals surface area contributed by atoms with Crippen LogP contribution in [0.4, 0.5) is 8.78 Å². The van der Waals surface area contributed by atoms with Crippen LogP contribution < -0.4 is 0 Å². The molecule has 0 saturated heterocycles. The van der Waals surface area contributed by atoms with Gasteiger partial charge in [0.1, 0.15) is 5.38 Å². The number of hydrogen-bond donors (Lipinski definition) is 0. The average Bonchev–Trinajstić information content (AvgIpc) is 1.65. The Balaban J connectivity index is 3.33. The van der Waals surface area contributed by atoms with E-state index in [1.54, 1.807) is 0 Å². The van der Waals surface area contributed by atoms with Crippen LogP contribution in [0.25, 0.3) is 0 Å². The smallest absolute Gasteiger partial charge is 0.208 e. The molecule has 0 aromatic heterocycles. The molecule has 42 valence electrons. The summed E-state index contributed by atoms with van der Waals surface area (Å²) in [5.41, 5.74) is 0. The van der Waals surface area contributed by atoms with E-state index < -0.39 is 11.8 Å². The number of hydrogen-bond acceptors (Lipinski definition) is 0. The van der Waals surface area contributed by atoms with Gasteiger partial charge in [-0.05, 0) is 0 Å². The summed E-state index contributed by atoms with van der Waals surface area (Å²) in [6.07, 6.45) is -1.48. The molecule has 0 amide bonds. The minimum absolute atomic E-state index is 1.01. The molecular formula is C4H5ClF2. The molecular weight excluding hydrogens is 121 g/mol. The van der Waals surface area contributed by atoms with Crippen LogP contribution in [0.15, 0.2) is 12.7 Å². The molecule has 0 aliphatic heterocycles. The molecule has 0 aromatic carbocycles. The summed E-state index contributed by atoms with van der Waals surface area (Å²) in [7, 11) is 0. The minimum Gasteiger partial charge on any atom is -0.208 e. The lowest BCUT2D eigenvalue weighted by Gasteiger charge is -1.96. The fraction of sp³-hybridized carbons (Fsp3) is 0.500. The van der Waals surface area contributed by atoms with Crippen molar-refractivity contribution in [3.63, 3.8) is 0 Å². The van der Waals surface area contributed by atoms with Crippen molar-refractivity contribution in [2.75, 3.05) is 0 Å². The topological polar surface area (TPSA) is 0 Å². The molecule has 0 saturated carbocycles. The first kappa shape index (κ1) is 6.89. The maximum atomic E-state index is 11.2. The van der Waals surface area contributed by atoms with Gasteiger partial charge in [0, 0.05) is 0 Å². The van der Waals surface area contributed by atoms with Gasteiger partial charge in [-0.2, -0.15) is 0 Å². The van der Waals surface area contributed by atoms with Crippen molar-refractivity contribution >= 4 is 11.6 Å². The van der Waals surface area contributed by atoms with Crippen molar-refractivity contribution in [3.8, 4) is 0 Å². The van der Waals surface area contributed by atoms with Crippen molar-refractivity contribution in [1.29, 1.82) is 0 Å². The summed E-state index contributed by atoms with van der Waals surface area (Å²) < 4.78 is 22.5. The second-order valence-electron chi connectivity index (χ2n) is 1.01. The standard InChI is InChI=1S/C4H5ClF2/c1-2-3(5)4(6)7/h2-4H,1H2/t3-/m1/s1. The van der Waals surface area contributed by atoms with Gasteiger partial charge in [-0.25, -0.2) is 8.78 Å². The maximum absolute atomic E-state index is 11.2. The maximum Gasteiger partial charge on any atom is 0.258 e. The monoisotopic (exact) mass is 126 g/mol. The van der Waals surface area contributed by atoms with Crippen LogP contribution >= 0.6 is 11.6 Å². The van der Waals surface area contributed by atoms with Gasteiger partial charge < -0.3 is 0 Å². The van der Waals surface area contributed by atoms with Crippen molar-refractivity contribution in [2.24, 2.45) is 0 Å². The van der Waals surface area contributed by atoms with Crippen LogP contribution in [0.2, 0.25) is 0 Å². The lowest BCUT2D eigenvalue weighted by Crippen LogP contribution is -2.05. The summed E-state index contributed by atoms with van der Waals surface area (Å²) in [4.78, 5) is 0. The molecule has 0 aromatic rings. The van der Waals surface area contributed by atoms with Crippen LogP contribution in [0.1, 0.15) is 0 Å². The molecule has 0 N–H and O–H groups in total. The predicted molar refractivity (Wildman–Crippen MR) is 25.8 cm³/mol. The summed E-state index contributed by atoms with van der Waals surface area (Å²) >= 11 is 4.93. The van der Waals surface area contributed by atoms with Crippen LogP contribution in [-0.4, -0.2) is 11.8 Å². The number of allylic oxidation sites excluding steroid dienone is 1. The molecule has 0 radical (unpaired) electrons. The van der Waals surface area contributed by atoms with E-state index in [0.29, 0.717) is 0 Å². The van der Waals surface area contributed by atoms with Gasteiger partial charge >= 0.3 is 0 Å². The quantitative estimate of drug-likeness (QED) is 0.392. The molecule has 0 nitrogen and oxygen atoms in total. The fourth-order valence-electron chi connectivity index (χ4n) is 0.103. The second-order valence-corrected chi connectivity index (χ2v) is 1.52. The van der Waals surface area contributed by atoms with E-state index in [2.05, 4.69) is 6.58 Å². The Morgan fingerprint density at radius 2 is 2.00 bits per heavy atom. The SMILES string of the molecule is C=C[C@@H](Cl)C(F)F. The highest BCUT2D eigenvalue weighted by atomic mass is 35.5. The van der Waals surface area contributed by atoms with Crippen molar-refractivity contribution < 1.29 is 8.78 Å². The summed E-state index contributed by atoms with van der Waals surface area (Å²) in [6, 6.07) is 0. The molecule has 0 rings (SSSR count). The highest BCUT2D eigenvalue weighted by Crippen LogP contribution is 2.07. The van der Waals surface area contributed by atoms with Gasteiger partial charge in [-0.1, -0.05) is 6.08 Å². The van der Waals surface area contributed by atoms with E-state index in [0.717, 1.165) is 6.08 Å². The third kappa shape index (κ3) is 2.57. The highest BCUT2D eigenvalue weighted by Gasteiger charge is 2.10. The largest absolute Gasteiger partial charge is 0.258 e. The molecule has 0 bridgehead atoms. The van der Waals surface area contributed by atoms with Gasteiger partial charge in [-0.15, -0.1) is 18.2 Å². The molecule has 0 spiro atoms. The van der Waals surface area contributed by atoms with E-state index in [1.807, 2.05) is 0 Å². The van der Waals surface area contributed by atoms with Gasteiger partial charge in [0.25, 0.3) is 6.43 Å². The summed E-state index contributed by atoms with van der Waals surface area (Å²) in [5.74, 6) is 0. The third-order valence-electron chi connectivity index (χ3n) is 0.466. The first-order chi connectivity index (χ1) is 3.18. The molecule has 0 fully saturated rings. The number of rotatable bonds is 2. The molecule has 0 heterocycles. The molecule has 3 heteroatoms. The first-order valence-corrected chi connectivity index (χ1v) is 2.17. The lowest BCUT2D eigenvalue weighted by molar-refractivity contribution is 0.156. The second kappa shape index (κ2) is 2.97. The third-order valence-corrected chi connectivity index (χ3v) is 0.835. The highest BCUT2D eigenvalue weighted by molar-refractivity contribution is 6.22. The zero-order valence-electron chi connectivity index (χ0n) is 3.57. The summed E-state index contributed by atoms with van der Waals surface area (Å²) in [5, 5.41) is -1.19. The molecule has 1 atom stereocenters. The van der Waals surface area contributed by atoms with Crippen molar-refractivity contribution in [1.82, 2.24) is 0 Å². The Labute approximate surface area is 45.8 Å². The zero-order valence-corrected chi connectivity index (χ0v) is 4.33. The number of alkyl halides is 3. The first-order valence-electron chi connectivity index (χ1n) is 1.73. The van der Waals surface area contributed by atoms with E-state index >= 15 is 0 Å². The Hall–Kier alpha value is -0.110. The molecule has 0 aliphatic carbocycles. The van der Waals surface area contributed by atoms with Gasteiger partial charge in [0.15, 0.2) is 0 Å². The summed E-state index contributed by atoms with van der Waals surface area (Å²) in [6.45, 7) is 3.07. The Morgan fingerprint density at radius 1 is 1.57 bits per heavy atom. The Bertz CT molecular complexity index is 62.7. The predicted octanol–water partition coefficient (Wildman–Crippen LogP) is 2.04. The van der Waals surface area contributed by atoms with E-state index in [4.69, 9.17) is 11.6 Å². The fourth-order valence-corrected chi connectivity index (χ4v) is 0.103. The van der Waals surface area contributed by atoms with E-state index in [1.165, 1.54) is 0 Å². The van der Waals surface area contributed by atoms with E-state index in [-0.39, 0.29) is 0 Å². The van der Waals surface area contributed by atoms with Crippen LogP contribution in [0.3, 0.4) is 0 Å². The van der Waals surface area contributed by atoms with Gasteiger partial charge in [0.05, 0.1) is 0 Å². The van der Waals surface area contributed by atoms with Crippen LogP contribution in [0.5, 0.6) is 0 Å². The minimum atomic E-state index is -2.49.